The summed E-state index contributed by atoms with van der Waals surface area (Å²) >= 11 is 11.3. The highest BCUT2D eigenvalue weighted by molar-refractivity contribution is 8.07. The molecule has 1 aromatic rings. The number of carbonyl (C=O) groups excluding carboxylic acids is 2. The molecule has 4 atom stereocenters. The largest absolute Gasteiger partial charge is 0.490 e. The maximum Gasteiger partial charge on any atom is 0.331 e. The zero-order valence-electron chi connectivity index (χ0n) is 26.4. The summed E-state index contributed by atoms with van der Waals surface area (Å²) in [4.78, 5) is 46.1. The molecule has 0 saturated carbocycles. The SMILES string of the molecule is O=C(O)C=CC(=O)OC(COc1cccc(OCC(CSCCC2CSCCS2)OC(=O)C=CC(=O)O)c1)CSCCC1CSCCS1. The zero-order chi connectivity index (χ0) is 34.4. The molecule has 2 saturated heterocycles. The van der Waals surface area contributed by atoms with Crippen LogP contribution in [0.1, 0.15) is 12.8 Å². The van der Waals surface area contributed by atoms with E-state index in [1.54, 1.807) is 47.8 Å². The van der Waals surface area contributed by atoms with Gasteiger partial charge in [-0.2, -0.15) is 70.6 Å². The highest BCUT2D eigenvalue weighted by atomic mass is 32.2. The number of ether oxygens (including phenoxy) is 4. The first kappa shape index (κ1) is 40.7. The molecule has 3 rings (SSSR count). The lowest BCUT2D eigenvalue weighted by molar-refractivity contribution is -0.144. The molecule has 1 aromatic carbocycles. The molecule has 0 aromatic heterocycles. The first-order valence-corrected chi connectivity index (χ1v) is 22.1. The van der Waals surface area contributed by atoms with E-state index in [1.807, 2.05) is 47.0 Å². The summed E-state index contributed by atoms with van der Waals surface area (Å²) in [5.74, 6) is 6.80. The summed E-state index contributed by atoms with van der Waals surface area (Å²) in [7, 11) is 0. The van der Waals surface area contributed by atoms with Gasteiger partial charge in [0.25, 0.3) is 0 Å². The van der Waals surface area contributed by atoms with Gasteiger partial charge < -0.3 is 29.2 Å². The fourth-order valence-electron chi connectivity index (χ4n) is 4.22. The average Bonchev–Trinajstić information content (AvgIpc) is 3.09. The minimum absolute atomic E-state index is 0.0573. The van der Waals surface area contributed by atoms with E-state index in [1.165, 1.54) is 23.0 Å². The molecule has 0 amide bonds. The lowest BCUT2D eigenvalue weighted by Crippen LogP contribution is -2.28. The van der Waals surface area contributed by atoms with E-state index < -0.39 is 36.1 Å². The van der Waals surface area contributed by atoms with E-state index in [0.717, 1.165) is 60.2 Å². The number of benzene rings is 1. The topological polar surface area (TPSA) is 146 Å². The van der Waals surface area contributed by atoms with Crippen LogP contribution in [0.3, 0.4) is 0 Å². The molecule has 2 aliphatic heterocycles. The molecule has 2 aliphatic rings. The van der Waals surface area contributed by atoms with Crippen molar-refractivity contribution in [1.82, 2.24) is 0 Å². The predicted molar refractivity (Wildman–Crippen MR) is 202 cm³/mol. The van der Waals surface area contributed by atoms with Gasteiger partial charge >= 0.3 is 23.9 Å². The van der Waals surface area contributed by atoms with Gasteiger partial charge in [0.1, 0.15) is 36.9 Å². The van der Waals surface area contributed by atoms with E-state index in [9.17, 15) is 19.2 Å². The number of thioether (sulfide) groups is 6. The van der Waals surface area contributed by atoms with Crippen molar-refractivity contribution in [3.63, 3.8) is 0 Å². The Morgan fingerprint density at radius 3 is 1.58 bits per heavy atom. The van der Waals surface area contributed by atoms with Crippen molar-refractivity contribution in [3.05, 3.63) is 48.6 Å². The number of carboxylic acid groups (broad SMARTS) is 2. The first-order valence-electron chi connectivity index (χ1n) is 15.4. The Bertz CT molecular complexity index is 1120. The van der Waals surface area contributed by atoms with Crippen LogP contribution in [0.15, 0.2) is 48.6 Å². The highest BCUT2D eigenvalue weighted by Crippen LogP contribution is 2.29. The maximum atomic E-state index is 12.2. The second-order valence-corrected chi connectivity index (χ2v) is 17.8. The minimum Gasteiger partial charge on any atom is -0.490 e. The van der Waals surface area contributed by atoms with Gasteiger partial charge in [0.2, 0.25) is 0 Å². The molecule has 266 valence electrons. The molecule has 0 radical (unpaired) electrons. The average molecular weight is 779 g/mol. The van der Waals surface area contributed by atoms with E-state index in [4.69, 9.17) is 29.2 Å². The summed E-state index contributed by atoms with van der Waals surface area (Å²) < 4.78 is 23.0. The summed E-state index contributed by atoms with van der Waals surface area (Å²) in [6.45, 7) is 0.115. The van der Waals surface area contributed by atoms with Crippen LogP contribution in [0, 0.1) is 0 Å². The van der Waals surface area contributed by atoms with Crippen molar-refractivity contribution in [2.45, 2.75) is 35.5 Å². The Balaban J connectivity index is 1.52. The second kappa shape index (κ2) is 24.4. The molecule has 0 aliphatic carbocycles. The molecule has 2 fully saturated rings. The molecule has 0 spiro atoms. The fraction of sp³-hybridized carbons (Fsp3) is 0.562. The second-order valence-electron chi connectivity index (χ2n) is 10.4. The number of carbonyl (C=O) groups is 4. The van der Waals surface area contributed by atoms with Crippen LogP contribution in [0.4, 0.5) is 0 Å². The smallest absolute Gasteiger partial charge is 0.331 e. The number of carboxylic acids is 2. The van der Waals surface area contributed by atoms with Crippen molar-refractivity contribution in [3.8, 4) is 11.5 Å². The van der Waals surface area contributed by atoms with Crippen LogP contribution in [-0.2, 0) is 28.7 Å². The van der Waals surface area contributed by atoms with Gasteiger partial charge in [-0.15, -0.1) is 0 Å². The molecule has 4 unspecified atom stereocenters. The van der Waals surface area contributed by atoms with Crippen molar-refractivity contribution in [2.75, 3.05) is 70.7 Å². The van der Waals surface area contributed by atoms with Gasteiger partial charge in [0, 0.05) is 86.9 Å². The monoisotopic (exact) mass is 778 g/mol. The summed E-state index contributed by atoms with van der Waals surface area (Å²) in [5.41, 5.74) is 0. The van der Waals surface area contributed by atoms with Crippen LogP contribution in [-0.4, -0.2) is 128 Å². The van der Waals surface area contributed by atoms with Gasteiger partial charge in [0.15, 0.2) is 0 Å². The molecule has 16 heteroatoms. The Morgan fingerprint density at radius 2 is 1.19 bits per heavy atom. The standard InChI is InChI=1S/C32H42O10S6/c33-29(34)4-6-31(37)41-25(19-43-10-8-27-21-45-12-14-47-27)17-39-23-2-1-3-24(16-23)40-18-26(42-32(38)7-5-30(35)36)20-44-11-9-28-22-46-13-15-48-28/h1-7,16,25-28H,8-15,17-22H2,(H,33,34)(H,35,36). The van der Waals surface area contributed by atoms with E-state index in [0.29, 0.717) is 33.5 Å². The summed E-state index contributed by atoms with van der Waals surface area (Å²) in [5, 5.41) is 18.9. The van der Waals surface area contributed by atoms with E-state index in [2.05, 4.69) is 0 Å². The predicted octanol–water partition coefficient (Wildman–Crippen LogP) is 5.49. The molecule has 10 nitrogen and oxygen atoms in total. The van der Waals surface area contributed by atoms with E-state index >= 15 is 0 Å². The minimum atomic E-state index is -1.24. The Morgan fingerprint density at radius 1 is 0.729 bits per heavy atom. The van der Waals surface area contributed by atoms with Gasteiger partial charge in [-0.1, -0.05) is 6.07 Å². The van der Waals surface area contributed by atoms with Crippen molar-refractivity contribution < 1.29 is 48.3 Å². The third-order valence-electron chi connectivity index (χ3n) is 6.51. The lowest BCUT2D eigenvalue weighted by Gasteiger charge is -2.22. The molecule has 48 heavy (non-hydrogen) atoms. The molecular weight excluding hydrogens is 737 g/mol. The van der Waals surface area contributed by atoms with Gasteiger partial charge in [-0.25, -0.2) is 19.2 Å². The third-order valence-corrected chi connectivity index (χ3v) is 14.6. The number of aliphatic carboxylic acids is 2. The third kappa shape index (κ3) is 18.9. The fourth-order valence-corrected chi connectivity index (χ4v) is 12.1. The van der Waals surface area contributed by atoms with Gasteiger partial charge in [0.05, 0.1) is 0 Å². The van der Waals surface area contributed by atoms with Gasteiger partial charge in [-0.3, -0.25) is 0 Å². The zero-order valence-corrected chi connectivity index (χ0v) is 31.3. The van der Waals surface area contributed by atoms with Crippen LogP contribution in [0.5, 0.6) is 11.5 Å². The van der Waals surface area contributed by atoms with Crippen molar-refractivity contribution in [2.24, 2.45) is 0 Å². The molecule has 2 heterocycles. The molecule has 2 N–H and O–H groups in total. The van der Waals surface area contributed by atoms with Crippen molar-refractivity contribution in [1.29, 1.82) is 0 Å². The molecular formula is C32H42O10S6. The maximum absolute atomic E-state index is 12.2. The molecule has 0 bridgehead atoms. The van der Waals surface area contributed by atoms with Crippen molar-refractivity contribution >= 4 is 94.4 Å². The quantitative estimate of drug-likeness (QED) is 0.0868. The Hall–Kier alpha value is -1.72. The first-order chi connectivity index (χ1) is 23.3. The number of rotatable bonds is 22. The number of hydrogen-bond donors (Lipinski definition) is 2. The Labute approximate surface area is 307 Å². The lowest BCUT2D eigenvalue weighted by atomic mass is 10.3. The highest BCUT2D eigenvalue weighted by Gasteiger charge is 2.19. The van der Waals surface area contributed by atoms with Crippen LogP contribution in [0.2, 0.25) is 0 Å². The van der Waals surface area contributed by atoms with Crippen LogP contribution >= 0.6 is 70.6 Å². The summed E-state index contributed by atoms with van der Waals surface area (Å²) in [6, 6.07) is 6.92. The normalized spacial score (nSPS) is 19.4. The van der Waals surface area contributed by atoms with Gasteiger partial charge in [-0.05, 0) is 36.5 Å². The van der Waals surface area contributed by atoms with E-state index in [-0.39, 0.29) is 13.2 Å². The number of hydrogen-bond acceptors (Lipinski definition) is 14. The summed E-state index contributed by atoms with van der Waals surface area (Å²) in [6.07, 6.45) is 4.17. The Kier molecular flexibility index (Phi) is 20.7. The van der Waals surface area contributed by atoms with Crippen LogP contribution < -0.4 is 9.47 Å². The van der Waals surface area contributed by atoms with Crippen LogP contribution in [0.25, 0.3) is 0 Å². The number of esters is 2.